The Kier molecular flexibility index (Phi) is 8.86. The Bertz CT molecular complexity index is 1340. The smallest absolute Gasteiger partial charge is 0.315 e. The van der Waals surface area contributed by atoms with E-state index in [-0.39, 0.29) is 18.1 Å². The maximum Gasteiger partial charge on any atom is 0.315 e. The molecule has 0 spiro atoms. The van der Waals surface area contributed by atoms with E-state index in [9.17, 15) is 10.1 Å². The van der Waals surface area contributed by atoms with Gasteiger partial charge in [0.2, 0.25) is 0 Å². The molecular weight excluding hydrogens is 528 g/mol. The zero-order valence-electron chi connectivity index (χ0n) is 25.7. The number of rotatable bonds is 10. The van der Waals surface area contributed by atoms with E-state index in [1.807, 2.05) is 60.7 Å². The molecule has 2 N–H and O–H groups in total. The summed E-state index contributed by atoms with van der Waals surface area (Å²) in [7, 11) is 0. The molecule has 1 aliphatic carbocycles. The Labute approximate surface area is 257 Å². The number of hydrogen-bond acceptors (Lipinski definition) is 3. The van der Waals surface area contributed by atoms with E-state index >= 15 is 0 Å². The minimum atomic E-state index is -0.990. The maximum absolute atomic E-state index is 13.6. The van der Waals surface area contributed by atoms with Gasteiger partial charge in [-0.3, -0.25) is 4.90 Å². The van der Waals surface area contributed by atoms with E-state index in [4.69, 9.17) is 0 Å². The van der Waals surface area contributed by atoms with Crippen molar-refractivity contribution in [1.29, 1.82) is 5.26 Å². The summed E-state index contributed by atoms with van der Waals surface area (Å²) in [5.74, 6) is 1.03. The van der Waals surface area contributed by atoms with Gasteiger partial charge in [-0.2, -0.15) is 5.26 Å². The lowest BCUT2D eigenvalue weighted by atomic mass is 9.68. The molecule has 1 saturated heterocycles. The minimum Gasteiger partial charge on any atom is -0.335 e. The third-order valence-corrected chi connectivity index (χ3v) is 10.4. The van der Waals surface area contributed by atoms with Gasteiger partial charge in [-0.25, -0.2) is 4.79 Å². The molecule has 2 aliphatic heterocycles. The lowest BCUT2D eigenvalue weighted by Gasteiger charge is -2.38. The van der Waals surface area contributed by atoms with Gasteiger partial charge in [-0.1, -0.05) is 98.8 Å². The first-order valence-corrected chi connectivity index (χ1v) is 16.4. The highest BCUT2D eigenvalue weighted by atomic mass is 16.2. The number of hydrogen-bond donors (Lipinski definition) is 2. The van der Waals surface area contributed by atoms with Crippen molar-refractivity contribution >= 4 is 6.03 Å². The third kappa shape index (κ3) is 5.95. The van der Waals surface area contributed by atoms with E-state index in [1.54, 1.807) is 11.1 Å². The number of carbonyl (C=O) groups is 1. The van der Waals surface area contributed by atoms with Crippen LogP contribution in [-0.4, -0.2) is 29.6 Å². The summed E-state index contributed by atoms with van der Waals surface area (Å²) >= 11 is 0. The molecule has 5 nitrogen and oxygen atoms in total. The minimum absolute atomic E-state index is 0.160. The van der Waals surface area contributed by atoms with Crippen molar-refractivity contribution in [1.82, 2.24) is 15.5 Å². The van der Waals surface area contributed by atoms with E-state index in [1.165, 1.54) is 25.8 Å². The molecule has 3 aromatic carbocycles. The fourth-order valence-electron chi connectivity index (χ4n) is 8.27. The van der Waals surface area contributed by atoms with Crippen molar-refractivity contribution in [2.45, 2.75) is 94.8 Å². The highest BCUT2D eigenvalue weighted by molar-refractivity contribution is 5.75. The van der Waals surface area contributed by atoms with Crippen molar-refractivity contribution in [2.75, 3.05) is 6.54 Å². The van der Waals surface area contributed by atoms with Gasteiger partial charge in [0.05, 0.1) is 12.1 Å². The van der Waals surface area contributed by atoms with E-state index in [2.05, 4.69) is 59.7 Å². The Morgan fingerprint density at radius 1 is 0.837 bits per heavy atom. The SMILES string of the molecule is CC(C)C[C@H](NC(=O)NC1CCC(CCN2[C@@H]3CC[C@H]2c2ccccc23)CC1)C(C#N)(c1ccccc1)c1ccccc1. The first-order valence-electron chi connectivity index (χ1n) is 16.4. The monoisotopic (exact) mass is 574 g/mol. The summed E-state index contributed by atoms with van der Waals surface area (Å²) in [6.45, 7) is 5.48. The Balaban J connectivity index is 1.07. The number of benzene rings is 3. The predicted molar refractivity (Wildman–Crippen MR) is 172 cm³/mol. The van der Waals surface area contributed by atoms with E-state index in [0.29, 0.717) is 24.4 Å². The van der Waals surface area contributed by atoms with Gasteiger partial charge in [0.15, 0.2) is 0 Å². The molecule has 2 heterocycles. The van der Waals surface area contributed by atoms with Gasteiger partial charge in [0.1, 0.15) is 5.41 Å². The molecule has 6 rings (SSSR count). The second-order valence-electron chi connectivity index (χ2n) is 13.4. The van der Waals surface area contributed by atoms with Crippen molar-refractivity contribution in [3.63, 3.8) is 0 Å². The molecule has 3 aromatic rings. The standard InChI is InChI=1S/C38H46N4O/c1-27(2)25-36(38(26-39,29-11-5-3-6-12-29)30-13-7-4-8-14-30)41-37(43)40-31-19-17-28(18-20-31)23-24-42-34-21-22-35(42)33-16-10-9-15-32(33)34/h3-16,27-28,31,34-36H,17-25H2,1-2H3,(H2,40,41,43)/t28?,31?,34-,35+,36-/m0/s1. The van der Waals surface area contributed by atoms with E-state index in [0.717, 1.165) is 42.7 Å². The Hall–Kier alpha value is -3.62. The normalized spacial score (nSPS) is 23.9. The summed E-state index contributed by atoms with van der Waals surface area (Å²) in [6, 6.07) is 32.5. The molecule has 0 radical (unpaired) electrons. The molecule has 1 saturated carbocycles. The molecule has 3 aliphatic rings. The van der Waals surface area contributed by atoms with Crippen LogP contribution in [0.1, 0.15) is 99.6 Å². The molecule has 0 aromatic heterocycles. The highest BCUT2D eigenvalue weighted by Crippen LogP contribution is 2.53. The maximum atomic E-state index is 13.6. The second-order valence-corrected chi connectivity index (χ2v) is 13.4. The number of urea groups is 1. The van der Waals surface area contributed by atoms with Crippen LogP contribution in [0.25, 0.3) is 0 Å². The fourth-order valence-corrected chi connectivity index (χ4v) is 8.27. The molecule has 2 amide bonds. The lowest BCUT2D eigenvalue weighted by molar-refractivity contribution is 0.184. The van der Waals surface area contributed by atoms with Crippen molar-refractivity contribution in [3.05, 3.63) is 107 Å². The summed E-state index contributed by atoms with van der Waals surface area (Å²) in [5.41, 5.74) is 3.95. The van der Waals surface area contributed by atoms with Crippen molar-refractivity contribution in [3.8, 4) is 6.07 Å². The Morgan fingerprint density at radius 3 is 1.88 bits per heavy atom. The molecule has 0 unspecified atom stereocenters. The van der Waals surface area contributed by atoms with Crippen LogP contribution in [0.15, 0.2) is 84.9 Å². The number of nitrogens with one attached hydrogen (secondary N) is 2. The highest BCUT2D eigenvalue weighted by Gasteiger charge is 2.45. The average Bonchev–Trinajstić information content (AvgIpc) is 3.58. The zero-order valence-corrected chi connectivity index (χ0v) is 25.7. The molecule has 2 bridgehead atoms. The van der Waals surface area contributed by atoms with Crippen LogP contribution in [0.5, 0.6) is 0 Å². The summed E-state index contributed by atoms with van der Waals surface area (Å²) in [5, 5.41) is 17.4. The molecule has 224 valence electrons. The number of nitriles is 1. The predicted octanol–water partition coefficient (Wildman–Crippen LogP) is 8.05. The first kappa shape index (κ1) is 29.5. The second kappa shape index (κ2) is 12.9. The van der Waals surface area contributed by atoms with Gasteiger partial charge in [-0.05, 0) is 92.0 Å². The van der Waals surface area contributed by atoms with Gasteiger partial charge in [0.25, 0.3) is 0 Å². The molecule has 43 heavy (non-hydrogen) atoms. The van der Waals surface area contributed by atoms with Crippen LogP contribution in [0.2, 0.25) is 0 Å². The van der Waals surface area contributed by atoms with E-state index < -0.39 is 5.41 Å². The van der Waals surface area contributed by atoms with Crippen LogP contribution in [0.4, 0.5) is 4.79 Å². The summed E-state index contributed by atoms with van der Waals surface area (Å²) in [6.07, 6.45) is 8.88. The molecule has 2 fully saturated rings. The average molecular weight is 575 g/mol. The first-order chi connectivity index (χ1) is 21.0. The third-order valence-electron chi connectivity index (χ3n) is 10.4. The van der Waals surface area contributed by atoms with Crippen LogP contribution in [0, 0.1) is 23.2 Å². The van der Waals surface area contributed by atoms with Crippen molar-refractivity contribution in [2.24, 2.45) is 11.8 Å². The number of amides is 2. The number of nitrogens with zero attached hydrogens (tertiary/aromatic N) is 2. The van der Waals surface area contributed by atoms with Gasteiger partial charge in [0, 0.05) is 18.1 Å². The van der Waals surface area contributed by atoms with Crippen LogP contribution >= 0.6 is 0 Å². The largest absolute Gasteiger partial charge is 0.335 e. The van der Waals surface area contributed by atoms with Crippen LogP contribution in [-0.2, 0) is 5.41 Å². The van der Waals surface area contributed by atoms with Crippen LogP contribution < -0.4 is 10.6 Å². The summed E-state index contributed by atoms with van der Waals surface area (Å²) in [4.78, 5) is 16.3. The quantitative estimate of drug-likeness (QED) is 0.257. The number of carbonyl (C=O) groups excluding carboxylic acids is 1. The molecule has 3 atom stereocenters. The number of fused-ring (bicyclic) bond motifs is 5. The van der Waals surface area contributed by atoms with Crippen LogP contribution in [0.3, 0.4) is 0 Å². The molecule has 5 heteroatoms. The fraction of sp³-hybridized carbons (Fsp3) is 0.474. The van der Waals surface area contributed by atoms with Gasteiger partial charge in [-0.15, -0.1) is 0 Å². The van der Waals surface area contributed by atoms with Gasteiger partial charge >= 0.3 is 6.03 Å². The van der Waals surface area contributed by atoms with Gasteiger partial charge < -0.3 is 10.6 Å². The topological polar surface area (TPSA) is 68.2 Å². The summed E-state index contributed by atoms with van der Waals surface area (Å²) < 4.78 is 0. The lowest BCUT2D eigenvalue weighted by Crippen LogP contribution is -2.55. The Morgan fingerprint density at radius 2 is 1.37 bits per heavy atom. The van der Waals surface area contributed by atoms with Crippen molar-refractivity contribution < 1.29 is 4.79 Å². The molecular formula is C38H46N4O. The zero-order chi connectivity index (χ0) is 29.8.